The number of rotatable bonds is 6. The van der Waals surface area contributed by atoms with E-state index in [0.29, 0.717) is 23.0 Å². The summed E-state index contributed by atoms with van der Waals surface area (Å²) in [5.41, 5.74) is 1.99. The summed E-state index contributed by atoms with van der Waals surface area (Å²) in [6, 6.07) is 21.9. The van der Waals surface area contributed by atoms with Crippen LogP contribution in [-0.2, 0) is 13.2 Å². The normalized spacial score (nSPS) is 11.5. The fourth-order valence-electron chi connectivity index (χ4n) is 3.37. The lowest BCUT2D eigenvalue weighted by Crippen LogP contribution is -2.22. The summed E-state index contributed by atoms with van der Waals surface area (Å²) >= 11 is 7.50. The van der Waals surface area contributed by atoms with Crippen molar-refractivity contribution < 1.29 is 4.42 Å². The van der Waals surface area contributed by atoms with E-state index >= 15 is 0 Å². The van der Waals surface area contributed by atoms with Crippen LogP contribution in [0.5, 0.6) is 0 Å². The van der Waals surface area contributed by atoms with Crippen LogP contribution in [0.1, 0.15) is 5.01 Å². The number of hydrogen-bond donors (Lipinski definition) is 0. The Morgan fingerprint density at radius 3 is 2.60 bits per heavy atom. The van der Waals surface area contributed by atoms with Crippen molar-refractivity contribution in [3.8, 4) is 17.3 Å². The molecule has 0 N–H and O–H groups in total. The van der Waals surface area contributed by atoms with Crippen molar-refractivity contribution >= 4 is 33.8 Å². The van der Waals surface area contributed by atoms with Gasteiger partial charge < -0.3 is 4.42 Å². The van der Waals surface area contributed by atoms with Gasteiger partial charge in [-0.25, -0.2) is 9.67 Å². The number of furan rings is 1. The van der Waals surface area contributed by atoms with E-state index < -0.39 is 0 Å². The number of para-hydroxylation sites is 2. The van der Waals surface area contributed by atoms with Gasteiger partial charge in [0.15, 0.2) is 5.76 Å². The van der Waals surface area contributed by atoms with Crippen LogP contribution < -0.4 is 0 Å². The third-order valence-electron chi connectivity index (χ3n) is 4.71. The number of nitrogens with zero attached hydrogens (tertiary/aromatic N) is 5. The quantitative estimate of drug-likeness (QED) is 0.337. The summed E-state index contributed by atoms with van der Waals surface area (Å²) < 4.78 is 11.2. The van der Waals surface area contributed by atoms with E-state index in [9.17, 15) is 0 Å². The van der Waals surface area contributed by atoms with Gasteiger partial charge in [-0.05, 0) is 55.7 Å². The maximum absolute atomic E-state index is 5.79. The molecule has 6 nitrogen and oxygen atoms in total. The van der Waals surface area contributed by atoms with Crippen LogP contribution in [-0.4, -0.2) is 31.3 Å². The van der Waals surface area contributed by atoms with Crippen LogP contribution in [0.2, 0.25) is 0 Å². The van der Waals surface area contributed by atoms with Crippen LogP contribution in [0.25, 0.3) is 27.5 Å². The van der Waals surface area contributed by atoms with E-state index in [4.69, 9.17) is 26.7 Å². The molecule has 0 spiro atoms. The number of benzene rings is 2. The second-order valence-corrected chi connectivity index (χ2v) is 8.47. The zero-order valence-electron chi connectivity index (χ0n) is 16.3. The van der Waals surface area contributed by atoms with E-state index in [1.54, 1.807) is 17.6 Å². The molecule has 5 rings (SSSR count). The molecule has 3 aromatic heterocycles. The summed E-state index contributed by atoms with van der Waals surface area (Å²) in [4.78, 5) is 6.88. The second kappa shape index (κ2) is 7.98. The smallest absolute Gasteiger partial charge is 0.204 e. The molecule has 0 bridgehead atoms. The minimum Gasteiger partial charge on any atom is -0.461 e. The molecule has 0 saturated heterocycles. The van der Waals surface area contributed by atoms with E-state index in [0.717, 1.165) is 22.8 Å². The Kier molecular flexibility index (Phi) is 5.04. The first kappa shape index (κ1) is 18.9. The van der Waals surface area contributed by atoms with E-state index in [2.05, 4.69) is 11.0 Å². The highest BCUT2D eigenvalue weighted by molar-refractivity contribution is 7.71. The highest BCUT2D eigenvalue weighted by Crippen LogP contribution is 2.24. The van der Waals surface area contributed by atoms with Crippen molar-refractivity contribution in [2.75, 3.05) is 7.05 Å². The molecule has 0 aliphatic heterocycles. The van der Waals surface area contributed by atoms with Crippen LogP contribution in [0.3, 0.4) is 0 Å². The van der Waals surface area contributed by atoms with E-state index in [1.165, 1.54) is 4.70 Å². The van der Waals surface area contributed by atoms with Crippen LogP contribution in [0.4, 0.5) is 0 Å². The summed E-state index contributed by atoms with van der Waals surface area (Å²) in [5, 5.41) is 5.84. The molecule has 5 aromatic rings. The molecule has 0 radical (unpaired) electrons. The maximum atomic E-state index is 5.79. The second-order valence-electron chi connectivity index (χ2n) is 6.98. The fourth-order valence-corrected chi connectivity index (χ4v) is 4.71. The highest BCUT2D eigenvalue weighted by atomic mass is 32.1. The lowest BCUT2D eigenvalue weighted by atomic mass is 10.3. The largest absolute Gasteiger partial charge is 0.461 e. The maximum Gasteiger partial charge on any atom is 0.204 e. The van der Waals surface area contributed by atoms with Gasteiger partial charge in [0, 0.05) is 0 Å². The van der Waals surface area contributed by atoms with Gasteiger partial charge in [-0.15, -0.1) is 16.4 Å². The van der Waals surface area contributed by atoms with Crippen molar-refractivity contribution in [1.29, 1.82) is 0 Å². The molecule has 0 aliphatic rings. The molecule has 0 atom stereocenters. The lowest BCUT2D eigenvalue weighted by Gasteiger charge is -2.14. The number of thiazole rings is 1. The standard InChI is InChI=1S/C22H19N5OS2/c1-25(14-20-23-17-10-5-6-12-19(17)30-20)15-26-22(29)27(16-8-3-2-4-9-16)21(24-26)18-11-7-13-28-18/h2-13H,14-15H2,1H3. The molecule has 0 unspecified atom stereocenters. The lowest BCUT2D eigenvalue weighted by molar-refractivity contribution is 0.244. The number of aromatic nitrogens is 4. The Morgan fingerprint density at radius 1 is 1.03 bits per heavy atom. The van der Waals surface area contributed by atoms with Gasteiger partial charge in [0.2, 0.25) is 10.6 Å². The monoisotopic (exact) mass is 433 g/mol. The predicted molar refractivity (Wildman–Crippen MR) is 121 cm³/mol. The van der Waals surface area contributed by atoms with Crippen LogP contribution >= 0.6 is 23.6 Å². The molecule has 0 fully saturated rings. The average Bonchev–Trinajstić information content (AvgIpc) is 3.48. The molecule has 0 aliphatic carbocycles. The Hall–Kier alpha value is -3.07. The number of hydrogen-bond acceptors (Lipinski definition) is 6. The highest BCUT2D eigenvalue weighted by Gasteiger charge is 2.17. The molecule has 2 aromatic carbocycles. The van der Waals surface area contributed by atoms with E-state index in [-0.39, 0.29) is 0 Å². The van der Waals surface area contributed by atoms with Gasteiger partial charge >= 0.3 is 0 Å². The average molecular weight is 434 g/mol. The van der Waals surface area contributed by atoms with Gasteiger partial charge in [-0.2, -0.15) is 0 Å². The first-order valence-corrected chi connectivity index (χ1v) is 10.7. The number of fused-ring (bicyclic) bond motifs is 1. The Labute approximate surface area is 182 Å². The molecule has 30 heavy (non-hydrogen) atoms. The van der Waals surface area contributed by atoms with Gasteiger partial charge in [-0.1, -0.05) is 30.3 Å². The van der Waals surface area contributed by atoms with Crippen molar-refractivity contribution in [3.63, 3.8) is 0 Å². The third kappa shape index (κ3) is 3.60. The molecular weight excluding hydrogens is 414 g/mol. The minimum atomic E-state index is 0.544. The minimum absolute atomic E-state index is 0.544. The van der Waals surface area contributed by atoms with Crippen LogP contribution in [0.15, 0.2) is 77.4 Å². The molecule has 8 heteroatoms. The molecule has 0 saturated carbocycles. The Balaban J connectivity index is 1.46. The van der Waals surface area contributed by atoms with Crippen molar-refractivity contribution in [3.05, 3.63) is 82.8 Å². The summed E-state index contributed by atoms with van der Waals surface area (Å²) in [7, 11) is 2.04. The third-order valence-corrected chi connectivity index (χ3v) is 6.13. The van der Waals surface area contributed by atoms with Crippen LogP contribution in [0, 0.1) is 4.77 Å². The van der Waals surface area contributed by atoms with Gasteiger partial charge in [0.1, 0.15) is 5.01 Å². The van der Waals surface area contributed by atoms with Gasteiger partial charge in [0.05, 0.1) is 35.4 Å². The molecule has 3 heterocycles. The van der Waals surface area contributed by atoms with Crippen molar-refractivity contribution in [2.24, 2.45) is 0 Å². The fraction of sp³-hybridized carbons (Fsp3) is 0.136. The SMILES string of the molecule is CN(Cc1nc2ccccc2s1)Cn1nc(-c2ccco2)n(-c2ccccc2)c1=S. The summed E-state index contributed by atoms with van der Waals surface area (Å²) in [5.74, 6) is 1.36. The van der Waals surface area contributed by atoms with Crippen molar-refractivity contribution in [1.82, 2.24) is 24.2 Å². The predicted octanol–water partition coefficient (Wildman–Crippen LogP) is 5.36. The van der Waals surface area contributed by atoms with Gasteiger partial charge in [0.25, 0.3) is 0 Å². The van der Waals surface area contributed by atoms with Crippen molar-refractivity contribution in [2.45, 2.75) is 13.2 Å². The Bertz CT molecular complexity index is 1300. The van der Waals surface area contributed by atoms with E-state index in [1.807, 2.05) is 77.0 Å². The molecule has 0 amide bonds. The molecular formula is C22H19N5OS2. The zero-order valence-corrected chi connectivity index (χ0v) is 17.9. The van der Waals surface area contributed by atoms with Gasteiger partial charge in [-0.3, -0.25) is 9.47 Å². The summed E-state index contributed by atoms with van der Waals surface area (Å²) in [6.07, 6.45) is 1.64. The Morgan fingerprint density at radius 2 is 1.83 bits per heavy atom. The topological polar surface area (TPSA) is 52.0 Å². The first-order chi connectivity index (χ1) is 14.7. The zero-order chi connectivity index (χ0) is 20.5. The first-order valence-electron chi connectivity index (χ1n) is 9.51. The summed E-state index contributed by atoms with van der Waals surface area (Å²) in [6.45, 7) is 1.26. The molecule has 150 valence electrons.